The normalized spacial score (nSPS) is 12.7. The summed E-state index contributed by atoms with van der Waals surface area (Å²) < 4.78 is 15.6. The lowest BCUT2D eigenvalue weighted by molar-refractivity contribution is 0.569. The lowest BCUT2D eigenvalue weighted by atomic mass is 10.1. The molecule has 1 heterocycles. The second-order valence-electron chi connectivity index (χ2n) is 3.67. The zero-order chi connectivity index (χ0) is 12.6. The molecule has 0 aliphatic rings. The van der Waals surface area contributed by atoms with Crippen molar-refractivity contribution in [2.45, 2.75) is 13.0 Å². The minimum atomic E-state index is -0.425. The highest BCUT2D eigenvalue weighted by Crippen LogP contribution is 2.26. The number of aromatic nitrogens is 2. The van der Waals surface area contributed by atoms with Crippen LogP contribution in [-0.4, -0.2) is 9.78 Å². The molecule has 1 atom stereocenters. The van der Waals surface area contributed by atoms with Gasteiger partial charge in [-0.1, -0.05) is 17.7 Å². The van der Waals surface area contributed by atoms with Crippen molar-refractivity contribution in [3.05, 3.63) is 44.4 Å². The average molecular weight is 366 g/mol. The summed E-state index contributed by atoms with van der Waals surface area (Å²) in [6.07, 6.45) is 1.69. The molecule has 0 aliphatic heterocycles. The highest BCUT2D eigenvalue weighted by atomic mass is 127. The molecule has 90 valence electrons. The number of nitrogen functional groups attached to an aromatic ring is 1. The fraction of sp³-hybridized carbons (Fsp3) is 0.182. The zero-order valence-corrected chi connectivity index (χ0v) is 11.9. The van der Waals surface area contributed by atoms with Crippen LogP contribution in [-0.2, 0) is 0 Å². The predicted octanol–water partition coefficient (Wildman–Crippen LogP) is 3.47. The smallest absolute Gasteiger partial charge is 0.141 e. The topological polar surface area (TPSA) is 43.8 Å². The number of hydrogen-bond donors (Lipinski definition) is 1. The molecule has 0 saturated heterocycles. The van der Waals surface area contributed by atoms with Gasteiger partial charge in [-0.2, -0.15) is 5.10 Å². The molecule has 2 aromatic rings. The van der Waals surface area contributed by atoms with Gasteiger partial charge < -0.3 is 5.73 Å². The summed E-state index contributed by atoms with van der Waals surface area (Å²) >= 11 is 7.87. The summed E-state index contributed by atoms with van der Waals surface area (Å²) in [7, 11) is 0. The van der Waals surface area contributed by atoms with Gasteiger partial charge in [0.15, 0.2) is 0 Å². The molecule has 0 saturated carbocycles. The first-order valence-electron chi connectivity index (χ1n) is 4.94. The summed E-state index contributed by atoms with van der Waals surface area (Å²) in [4.78, 5) is 0. The maximum atomic E-state index is 13.1. The van der Waals surface area contributed by atoms with Crippen LogP contribution in [0.1, 0.15) is 18.5 Å². The molecule has 0 amide bonds. The molecule has 0 aliphatic carbocycles. The van der Waals surface area contributed by atoms with Crippen LogP contribution in [0.5, 0.6) is 0 Å². The van der Waals surface area contributed by atoms with Gasteiger partial charge >= 0.3 is 0 Å². The van der Waals surface area contributed by atoms with E-state index in [0.717, 1.165) is 9.13 Å². The first kappa shape index (κ1) is 12.6. The third-order valence-corrected chi connectivity index (χ3v) is 3.70. The third kappa shape index (κ3) is 2.40. The predicted molar refractivity (Wildman–Crippen MR) is 74.6 cm³/mol. The van der Waals surface area contributed by atoms with E-state index in [0.29, 0.717) is 5.82 Å². The van der Waals surface area contributed by atoms with Crippen molar-refractivity contribution in [2.75, 3.05) is 5.73 Å². The molecule has 0 bridgehead atoms. The molecule has 1 aromatic heterocycles. The Kier molecular flexibility index (Phi) is 3.58. The van der Waals surface area contributed by atoms with Crippen molar-refractivity contribution in [2.24, 2.45) is 0 Å². The summed E-state index contributed by atoms with van der Waals surface area (Å²) in [5, 5.41) is 4.30. The molecule has 17 heavy (non-hydrogen) atoms. The Hall–Kier alpha value is -0.820. The number of hydrogen-bond acceptors (Lipinski definition) is 2. The molecule has 3 nitrogen and oxygen atoms in total. The number of nitrogens with zero attached hydrogens (tertiary/aromatic N) is 2. The Balaban J connectivity index is 2.40. The Morgan fingerprint density at radius 3 is 2.76 bits per heavy atom. The number of halogens is 3. The summed E-state index contributed by atoms with van der Waals surface area (Å²) in [5.74, 6) is 0.171. The molecular formula is C11H10ClFIN3. The van der Waals surface area contributed by atoms with E-state index >= 15 is 0 Å². The van der Waals surface area contributed by atoms with Gasteiger partial charge in [-0.3, -0.25) is 0 Å². The van der Waals surface area contributed by atoms with Gasteiger partial charge in [-0.05, 0) is 47.2 Å². The van der Waals surface area contributed by atoms with E-state index in [1.54, 1.807) is 23.0 Å². The van der Waals surface area contributed by atoms with E-state index in [1.807, 2.05) is 6.92 Å². The van der Waals surface area contributed by atoms with Crippen LogP contribution in [0.25, 0.3) is 0 Å². The van der Waals surface area contributed by atoms with Crippen molar-refractivity contribution in [3.8, 4) is 0 Å². The zero-order valence-electron chi connectivity index (χ0n) is 8.99. The van der Waals surface area contributed by atoms with Crippen LogP contribution < -0.4 is 5.73 Å². The van der Waals surface area contributed by atoms with Gasteiger partial charge in [0, 0.05) is 0 Å². The summed E-state index contributed by atoms with van der Waals surface area (Å²) in [5.41, 5.74) is 6.76. The lowest BCUT2D eigenvalue weighted by Crippen LogP contribution is -2.11. The fourth-order valence-corrected chi connectivity index (χ4v) is 2.13. The van der Waals surface area contributed by atoms with Crippen LogP contribution in [0.2, 0.25) is 5.02 Å². The first-order valence-corrected chi connectivity index (χ1v) is 6.40. The Bertz CT molecular complexity index is 556. The molecule has 2 N–H and O–H groups in total. The quantitative estimate of drug-likeness (QED) is 0.828. The molecule has 6 heteroatoms. The van der Waals surface area contributed by atoms with Crippen LogP contribution in [0.4, 0.5) is 10.2 Å². The third-order valence-electron chi connectivity index (χ3n) is 2.58. The minimum Gasteiger partial charge on any atom is -0.383 e. The second-order valence-corrected chi connectivity index (χ2v) is 5.24. The Labute approximate surface area is 117 Å². The van der Waals surface area contributed by atoms with Crippen molar-refractivity contribution in [3.63, 3.8) is 0 Å². The SMILES string of the molecule is CC(c1ccc(F)c(Cl)c1)n1ncc(I)c1N. The number of benzene rings is 1. The minimum absolute atomic E-state index is 0.0865. The standard InChI is InChI=1S/C11H10ClFIN3/c1-6(17-11(15)10(14)5-16-17)7-2-3-9(13)8(12)4-7/h2-6H,15H2,1H3. The Morgan fingerprint density at radius 2 is 2.24 bits per heavy atom. The monoisotopic (exact) mass is 365 g/mol. The van der Waals surface area contributed by atoms with Crippen LogP contribution in [0.15, 0.2) is 24.4 Å². The first-order chi connectivity index (χ1) is 8.00. The molecule has 1 aromatic carbocycles. The van der Waals surface area contributed by atoms with Crippen LogP contribution in [0.3, 0.4) is 0 Å². The van der Waals surface area contributed by atoms with Crippen LogP contribution >= 0.6 is 34.2 Å². The van der Waals surface area contributed by atoms with Crippen molar-refractivity contribution >= 4 is 40.0 Å². The van der Waals surface area contributed by atoms with Gasteiger partial charge in [-0.15, -0.1) is 0 Å². The molecule has 2 rings (SSSR count). The maximum absolute atomic E-state index is 13.1. The van der Waals surface area contributed by atoms with Crippen molar-refractivity contribution in [1.29, 1.82) is 0 Å². The number of rotatable bonds is 2. The van der Waals surface area contributed by atoms with E-state index in [2.05, 4.69) is 27.7 Å². The van der Waals surface area contributed by atoms with E-state index in [-0.39, 0.29) is 11.1 Å². The number of nitrogens with two attached hydrogens (primary N) is 1. The maximum Gasteiger partial charge on any atom is 0.141 e. The molecule has 1 unspecified atom stereocenters. The molecule has 0 radical (unpaired) electrons. The summed E-state index contributed by atoms with van der Waals surface area (Å²) in [6.45, 7) is 1.93. The second kappa shape index (κ2) is 4.81. The fourth-order valence-electron chi connectivity index (χ4n) is 1.57. The van der Waals surface area contributed by atoms with Crippen molar-refractivity contribution in [1.82, 2.24) is 9.78 Å². The van der Waals surface area contributed by atoms with E-state index in [9.17, 15) is 4.39 Å². The molecule has 0 spiro atoms. The Morgan fingerprint density at radius 1 is 1.53 bits per heavy atom. The highest BCUT2D eigenvalue weighted by molar-refractivity contribution is 14.1. The van der Waals surface area contributed by atoms with Crippen LogP contribution in [0, 0.1) is 9.39 Å². The van der Waals surface area contributed by atoms with Gasteiger partial charge in [-0.25, -0.2) is 9.07 Å². The average Bonchev–Trinajstić information content (AvgIpc) is 2.63. The van der Waals surface area contributed by atoms with Gasteiger partial charge in [0.05, 0.1) is 20.8 Å². The van der Waals surface area contributed by atoms with Crippen molar-refractivity contribution < 1.29 is 4.39 Å². The van der Waals surface area contributed by atoms with Gasteiger partial charge in [0.25, 0.3) is 0 Å². The van der Waals surface area contributed by atoms with Gasteiger partial charge in [0.1, 0.15) is 11.6 Å². The largest absolute Gasteiger partial charge is 0.383 e. The highest BCUT2D eigenvalue weighted by Gasteiger charge is 2.14. The van der Waals surface area contributed by atoms with E-state index in [1.165, 1.54) is 6.07 Å². The summed E-state index contributed by atoms with van der Waals surface area (Å²) in [6, 6.07) is 4.53. The number of anilines is 1. The van der Waals surface area contributed by atoms with E-state index < -0.39 is 5.82 Å². The molecule has 0 fully saturated rings. The van der Waals surface area contributed by atoms with Gasteiger partial charge in [0.2, 0.25) is 0 Å². The van der Waals surface area contributed by atoms with E-state index in [4.69, 9.17) is 17.3 Å². The molecular weight excluding hydrogens is 355 g/mol. The lowest BCUT2D eigenvalue weighted by Gasteiger charge is -2.14.